The molecule has 1 aromatic rings. The number of amides is 3. The van der Waals surface area contributed by atoms with Crippen LogP contribution in [0.25, 0.3) is 0 Å². The van der Waals surface area contributed by atoms with Gasteiger partial charge in [-0.3, -0.25) is 34.7 Å². The van der Waals surface area contributed by atoms with Gasteiger partial charge in [-0.2, -0.15) is 0 Å². The van der Waals surface area contributed by atoms with E-state index in [-0.39, 0.29) is 41.5 Å². The van der Waals surface area contributed by atoms with Crippen LogP contribution in [0, 0.1) is 16.0 Å². The number of hydrogen-bond donors (Lipinski definition) is 1. The second-order valence-electron chi connectivity index (χ2n) is 11.2. The monoisotopic (exact) mass is 593 g/mol. The molecule has 11 nitrogen and oxygen atoms in total. The number of thioether (sulfide) groups is 2. The predicted octanol–water partition coefficient (Wildman–Crippen LogP) is 3.90. The zero-order chi connectivity index (χ0) is 28.9. The normalized spacial score (nSPS) is 23.9. The molecule has 0 aliphatic carbocycles. The third-order valence-corrected chi connectivity index (χ3v) is 14.8. The molecule has 210 valence electrons. The Balaban J connectivity index is 1.53. The molecule has 3 aliphatic heterocycles. The van der Waals surface area contributed by atoms with Gasteiger partial charge in [0.1, 0.15) is 12.0 Å². The smallest absolute Gasteiger partial charge is 0.357 e. The summed E-state index contributed by atoms with van der Waals surface area (Å²) in [5.74, 6) is -2.33. The van der Waals surface area contributed by atoms with Crippen LogP contribution in [-0.2, 0) is 34.9 Å². The first-order chi connectivity index (χ1) is 18.1. The number of β-lactam (4-membered cyclic amide) rings is 1. The fourth-order valence-electron chi connectivity index (χ4n) is 4.21. The van der Waals surface area contributed by atoms with Gasteiger partial charge in [0.25, 0.3) is 5.69 Å². The van der Waals surface area contributed by atoms with Crippen LogP contribution >= 0.6 is 23.5 Å². The minimum atomic E-state index is -2.17. The number of imide groups is 1. The summed E-state index contributed by atoms with van der Waals surface area (Å²) in [6.07, 6.45) is -0.406. The molecule has 14 heteroatoms. The fourth-order valence-corrected chi connectivity index (χ4v) is 8.77. The number of nitro groups is 1. The number of nitro benzene ring substituents is 1. The van der Waals surface area contributed by atoms with Gasteiger partial charge in [-0.05, 0) is 42.8 Å². The number of nitrogens with zero attached hydrogens (tertiary/aromatic N) is 2. The highest BCUT2D eigenvalue weighted by Crippen LogP contribution is 2.56. The maximum Gasteiger partial charge on any atom is 0.357 e. The second-order valence-corrected chi connectivity index (χ2v) is 18.5. The lowest BCUT2D eigenvalue weighted by Gasteiger charge is -2.48. The summed E-state index contributed by atoms with van der Waals surface area (Å²) in [6, 6.07) is 5.60. The molecule has 3 amide bonds. The van der Waals surface area contributed by atoms with Crippen molar-refractivity contribution in [1.82, 2.24) is 10.2 Å². The highest BCUT2D eigenvalue weighted by molar-refractivity contribution is 8.23. The standard InChI is InChI=1S/C25H31N3O8S2Si/c1-13(36-39(5,6)25(2,3)4)18-21(31)27-19(23(32)35-12-14-7-9-15(10-8-14)28(33)34)24(38-22(18)27)37-16-11-17(29)26-20(16)30/h7-10,13,16,18,22H,11-12H2,1-6H3,(H,26,29,30)/t13-,16?,18+,22-/m1/s1. The summed E-state index contributed by atoms with van der Waals surface area (Å²) in [7, 11) is -2.17. The molecule has 0 radical (unpaired) electrons. The summed E-state index contributed by atoms with van der Waals surface area (Å²) < 4.78 is 12.4. The zero-order valence-corrected chi connectivity index (χ0v) is 25.1. The van der Waals surface area contributed by atoms with Crippen molar-refractivity contribution in [1.29, 1.82) is 0 Å². The Kier molecular flexibility index (Phi) is 8.05. The van der Waals surface area contributed by atoms with Crippen molar-refractivity contribution in [3.8, 4) is 0 Å². The molecule has 2 saturated heterocycles. The number of carbonyl (C=O) groups is 4. The van der Waals surface area contributed by atoms with Crippen LogP contribution in [0.5, 0.6) is 0 Å². The Labute approximate surface area is 235 Å². The topological polar surface area (TPSA) is 145 Å². The van der Waals surface area contributed by atoms with E-state index in [4.69, 9.17) is 9.16 Å². The third kappa shape index (κ3) is 5.79. The molecule has 0 bridgehead atoms. The molecule has 3 aliphatic rings. The van der Waals surface area contributed by atoms with Gasteiger partial charge in [0.15, 0.2) is 14.0 Å². The number of nitrogens with one attached hydrogen (secondary N) is 1. The van der Waals surface area contributed by atoms with E-state index in [9.17, 15) is 29.3 Å². The molecule has 0 spiro atoms. The van der Waals surface area contributed by atoms with Crippen molar-refractivity contribution in [2.45, 2.75) is 75.6 Å². The predicted molar refractivity (Wildman–Crippen MR) is 149 cm³/mol. The first-order valence-electron chi connectivity index (χ1n) is 12.4. The van der Waals surface area contributed by atoms with E-state index in [1.165, 1.54) is 40.9 Å². The van der Waals surface area contributed by atoms with E-state index >= 15 is 0 Å². The molecule has 2 fully saturated rings. The van der Waals surface area contributed by atoms with Gasteiger partial charge in [0.05, 0.1) is 26.4 Å². The lowest BCUT2D eigenvalue weighted by molar-refractivity contribution is -0.384. The SMILES string of the molecule is C[C@@H](O[Si](C)(C)C(C)(C)C)[C@H]1C(=O)N2C(C(=O)OCc3ccc([N+](=O)[O-])cc3)=C(SC3CC(=O)NC3=O)S[C@H]12. The van der Waals surface area contributed by atoms with E-state index in [0.29, 0.717) is 9.80 Å². The van der Waals surface area contributed by atoms with Crippen molar-refractivity contribution in [3.63, 3.8) is 0 Å². The van der Waals surface area contributed by atoms with E-state index in [1.807, 2.05) is 6.92 Å². The Bertz CT molecular complexity index is 1260. The van der Waals surface area contributed by atoms with Gasteiger partial charge >= 0.3 is 5.97 Å². The molecule has 4 atom stereocenters. The fraction of sp³-hybridized carbons (Fsp3) is 0.520. The molecule has 1 N–H and O–H groups in total. The molecule has 3 heterocycles. The van der Waals surface area contributed by atoms with Gasteiger partial charge < -0.3 is 9.16 Å². The van der Waals surface area contributed by atoms with Crippen molar-refractivity contribution in [2.75, 3.05) is 0 Å². The number of esters is 1. The number of ether oxygens (including phenoxy) is 1. The summed E-state index contributed by atoms with van der Waals surface area (Å²) >= 11 is 2.38. The first-order valence-corrected chi connectivity index (χ1v) is 17.1. The molecule has 1 aromatic carbocycles. The van der Waals surface area contributed by atoms with E-state index in [2.05, 4.69) is 39.2 Å². The number of carbonyl (C=O) groups excluding carboxylic acids is 4. The Hall–Kier alpha value is -2.68. The Morgan fingerprint density at radius 3 is 2.44 bits per heavy atom. The number of rotatable bonds is 9. The van der Waals surface area contributed by atoms with Crippen LogP contribution in [0.4, 0.5) is 5.69 Å². The van der Waals surface area contributed by atoms with Crippen molar-refractivity contribution in [2.24, 2.45) is 5.92 Å². The van der Waals surface area contributed by atoms with Crippen LogP contribution in [-0.4, -0.2) is 58.6 Å². The number of non-ortho nitro benzene ring substituents is 1. The molecule has 4 rings (SSSR count). The van der Waals surface area contributed by atoms with Gasteiger partial charge in [0, 0.05) is 18.6 Å². The number of fused-ring (bicyclic) bond motifs is 1. The second kappa shape index (κ2) is 10.7. The minimum Gasteiger partial charge on any atom is -0.456 e. The highest BCUT2D eigenvalue weighted by atomic mass is 32.2. The summed E-state index contributed by atoms with van der Waals surface area (Å²) in [4.78, 5) is 62.5. The molecular weight excluding hydrogens is 563 g/mol. The molecule has 1 unspecified atom stereocenters. The maximum absolute atomic E-state index is 13.4. The Morgan fingerprint density at radius 2 is 1.90 bits per heavy atom. The summed E-state index contributed by atoms with van der Waals surface area (Å²) in [5, 5.41) is 12.0. The molecule has 0 aromatic heterocycles. The van der Waals surface area contributed by atoms with Crippen molar-refractivity contribution >= 4 is 61.2 Å². The summed E-state index contributed by atoms with van der Waals surface area (Å²) in [6.45, 7) is 12.3. The van der Waals surface area contributed by atoms with Gasteiger partial charge in [-0.1, -0.05) is 32.5 Å². The van der Waals surface area contributed by atoms with Crippen LogP contribution in [0.2, 0.25) is 18.1 Å². The molecular formula is C25H31N3O8S2Si. The van der Waals surface area contributed by atoms with Gasteiger partial charge in [-0.25, -0.2) is 4.79 Å². The maximum atomic E-state index is 13.4. The largest absolute Gasteiger partial charge is 0.456 e. The first kappa shape index (κ1) is 29.3. The minimum absolute atomic E-state index is 0.0222. The van der Waals surface area contributed by atoms with E-state index in [0.717, 1.165) is 11.8 Å². The van der Waals surface area contributed by atoms with Crippen LogP contribution in [0.15, 0.2) is 34.2 Å². The van der Waals surface area contributed by atoms with Crippen LogP contribution < -0.4 is 5.32 Å². The van der Waals surface area contributed by atoms with Crippen molar-refractivity contribution < 1.29 is 33.3 Å². The third-order valence-electron chi connectivity index (χ3n) is 7.42. The molecule has 39 heavy (non-hydrogen) atoms. The van der Waals surface area contributed by atoms with E-state index in [1.54, 1.807) is 0 Å². The quantitative estimate of drug-likeness (QED) is 0.112. The van der Waals surface area contributed by atoms with Gasteiger partial charge in [-0.15, -0.1) is 11.8 Å². The van der Waals surface area contributed by atoms with E-state index < -0.39 is 47.6 Å². The van der Waals surface area contributed by atoms with Crippen molar-refractivity contribution in [3.05, 3.63) is 49.9 Å². The average molecular weight is 594 g/mol. The average Bonchev–Trinajstić information content (AvgIpc) is 3.32. The Morgan fingerprint density at radius 1 is 1.26 bits per heavy atom. The van der Waals surface area contributed by atoms with Gasteiger partial charge in [0.2, 0.25) is 17.7 Å². The molecule has 0 saturated carbocycles. The zero-order valence-electron chi connectivity index (χ0n) is 22.5. The highest BCUT2D eigenvalue weighted by Gasteiger charge is 2.59. The van der Waals surface area contributed by atoms with Crippen LogP contribution in [0.3, 0.4) is 0 Å². The summed E-state index contributed by atoms with van der Waals surface area (Å²) in [5.41, 5.74) is 0.498. The lowest BCUT2D eigenvalue weighted by Crippen LogP contribution is -2.62. The van der Waals surface area contributed by atoms with Crippen LogP contribution in [0.1, 0.15) is 39.7 Å². The lowest BCUT2D eigenvalue weighted by atomic mass is 9.92. The number of hydrogen-bond acceptors (Lipinski definition) is 10. The number of benzene rings is 1.